The number of ether oxygens (including phenoxy) is 2. The average molecular weight is 419 g/mol. The quantitative estimate of drug-likeness (QED) is 0.653. The molecule has 0 saturated heterocycles. The number of allylic oxidation sites excluding steroid dienone is 1. The lowest BCUT2D eigenvalue weighted by molar-refractivity contribution is -0.113. The van der Waals surface area contributed by atoms with Crippen LogP contribution >= 0.6 is 0 Å². The van der Waals surface area contributed by atoms with Crippen LogP contribution < -0.4 is 20.1 Å². The van der Waals surface area contributed by atoms with Crippen LogP contribution in [-0.4, -0.2) is 34.9 Å². The van der Waals surface area contributed by atoms with Crippen molar-refractivity contribution >= 4 is 17.5 Å². The number of nitrogens with one attached hydrogen (secondary N) is 2. The molecule has 0 radical (unpaired) electrons. The molecule has 0 bridgehead atoms. The van der Waals surface area contributed by atoms with E-state index in [1.165, 1.54) is 6.33 Å². The van der Waals surface area contributed by atoms with Crippen molar-refractivity contribution in [1.29, 1.82) is 0 Å². The summed E-state index contributed by atoms with van der Waals surface area (Å²) in [5, 5.41) is 10.6. The van der Waals surface area contributed by atoms with Crippen LogP contribution in [0.25, 0.3) is 0 Å². The van der Waals surface area contributed by atoms with Crippen LogP contribution in [0.5, 0.6) is 11.5 Å². The number of rotatable bonds is 5. The minimum Gasteiger partial charge on any atom is -0.493 e. The molecule has 0 spiro atoms. The van der Waals surface area contributed by atoms with Gasteiger partial charge in [-0.15, -0.1) is 0 Å². The highest BCUT2D eigenvalue weighted by Crippen LogP contribution is 2.38. The van der Waals surface area contributed by atoms with Crippen LogP contribution in [0, 0.1) is 13.8 Å². The van der Waals surface area contributed by atoms with Gasteiger partial charge >= 0.3 is 0 Å². The highest BCUT2D eigenvalue weighted by Gasteiger charge is 2.34. The van der Waals surface area contributed by atoms with Gasteiger partial charge in [-0.1, -0.05) is 23.8 Å². The molecule has 1 aliphatic heterocycles. The SMILES string of the molecule is COc1ccc([C@H]2C(C(=O)Nc3ccc(C)cc3C)=C(C)Nc3ncnn32)cc1OC. The van der Waals surface area contributed by atoms with Crippen LogP contribution in [0.1, 0.15) is 29.7 Å². The number of nitrogens with zero attached hydrogens (tertiary/aromatic N) is 3. The first-order valence-corrected chi connectivity index (χ1v) is 9.90. The molecule has 3 aromatic rings. The van der Waals surface area contributed by atoms with Crippen molar-refractivity contribution in [1.82, 2.24) is 14.8 Å². The fourth-order valence-corrected chi connectivity index (χ4v) is 3.86. The second-order valence-corrected chi connectivity index (χ2v) is 7.48. The first-order chi connectivity index (χ1) is 14.9. The normalized spacial score (nSPS) is 15.2. The number of aryl methyl sites for hydroxylation is 2. The van der Waals surface area contributed by atoms with E-state index >= 15 is 0 Å². The maximum Gasteiger partial charge on any atom is 0.255 e. The average Bonchev–Trinajstić information content (AvgIpc) is 3.22. The zero-order valence-electron chi connectivity index (χ0n) is 18.2. The van der Waals surface area contributed by atoms with Crippen LogP contribution in [0.2, 0.25) is 0 Å². The first kappa shape index (κ1) is 20.5. The van der Waals surface area contributed by atoms with Gasteiger partial charge in [0.05, 0.1) is 19.8 Å². The van der Waals surface area contributed by atoms with E-state index in [-0.39, 0.29) is 5.91 Å². The summed E-state index contributed by atoms with van der Waals surface area (Å²) in [7, 11) is 3.17. The number of hydrogen-bond donors (Lipinski definition) is 2. The van der Waals surface area contributed by atoms with Crippen LogP contribution in [0.3, 0.4) is 0 Å². The molecule has 4 rings (SSSR count). The Labute approximate surface area is 180 Å². The number of anilines is 2. The molecule has 0 fully saturated rings. The Morgan fingerprint density at radius 1 is 1.06 bits per heavy atom. The lowest BCUT2D eigenvalue weighted by Crippen LogP contribution is -2.31. The van der Waals surface area contributed by atoms with Gasteiger partial charge in [-0.05, 0) is 50.1 Å². The number of carbonyl (C=O) groups is 1. The highest BCUT2D eigenvalue weighted by molar-refractivity contribution is 6.06. The maximum atomic E-state index is 13.5. The third kappa shape index (κ3) is 3.72. The van der Waals surface area contributed by atoms with Crippen molar-refractivity contribution in [3.8, 4) is 11.5 Å². The van der Waals surface area contributed by atoms with Gasteiger partial charge in [-0.3, -0.25) is 4.79 Å². The number of methoxy groups -OCH3 is 2. The monoisotopic (exact) mass is 419 g/mol. The maximum absolute atomic E-state index is 13.5. The first-order valence-electron chi connectivity index (χ1n) is 9.90. The van der Waals surface area contributed by atoms with E-state index in [9.17, 15) is 4.79 Å². The van der Waals surface area contributed by atoms with E-state index in [1.807, 2.05) is 57.2 Å². The van der Waals surface area contributed by atoms with E-state index in [1.54, 1.807) is 18.9 Å². The minimum atomic E-state index is -0.482. The zero-order chi connectivity index (χ0) is 22.1. The van der Waals surface area contributed by atoms with Gasteiger partial charge in [0.1, 0.15) is 12.4 Å². The van der Waals surface area contributed by atoms with Crippen molar-refractivity contribution in [2.45, 2.75) is 26.8 Å². The molecular formula is C23H25N5O3. The van der Waals surface area contributed by atoms with Crippen LogP contribution in [0.15, 0.2) is 54.0 Å². The number of aromatic nitrogens is 3. The Hall–Kier alpha value is -3.81. The van der Waals surface area contributed by atoms with Crippen molar-refractivity contribution in [2.24, 2.45) is 0 Å². The second-order valence-electron chi connectivity index (χ2n) is 7.48. The third-order valence-corrected chi connectivity index (χ3v) is 5.39. The molecule has 2 N–H and O–H groups in total. The smallest absolute Gasteiger partial charge is 0.255 e. The summed E-state index contributed by atoms with van der Waals surface area (Å²) in [4.78, 5) is 17.8. The predicted molar refractivity (Wildman–Crippen MR) is 119 cm³/mol. The summed E-state index contributed by atoms with van der Waals surface area (Å²) < 4.78 is 12.5. The number of amides is 1. The van der Waals surface area contributed by atoms with Crippen molar-refractivity contribution in [2.75, 3.05) is 24.9 Å². The molecule has 0 aliphatic carbocycles. The molecular weight excluding hydrogens is 394 g/mol. The second kappa shape index (κ2) is 8.14. The lowest BCUT2D eigenvalue weighted by atomic mass is 9.94. The summed E-state index contributed by atoms with van der Waals surface area (Å²) in [6.07, 6.45) is 1.47. The summed E-state index contributed by atoms with van der Waals surface area (Å²) >= 11 is 0. The molecule has 2 heterocycles. The molecule has 1 atom stereocenters. The van der Waals surface area contributed by atoms with Crippen LogP contribution in [0.4, 0.5) is 11.6 Å². The third-order valence-electron chi connectivity index (χ3n) is 5.39. The highest BCUT2D eigenvalue weighted by atomic mass is 16.5. The van der Waals surface area contributed by atoms with Gasteiger partial charge in [0.15, 0.2) is 11.5 Å². The summed E-state index contributed by atoms with van der Waals surface area (Å²) in [5.74, 6) is 1.55. The van der Waals surface area contributed by atoms with E-state index in [4.69, 9.17) is 9.47 Å². The van der Waals surface area contributed by atoms with Gasteiger partial charge in [-0.25, -0.2) is 4.68 Å². The number of fused-ring (bicyclic) bond motifs is 1. The fraction of sp³-hybridized carbons (Fsp3) is 0.261. The fourth-order valence-electron chi connectivity index (χ4n) is 3.86. The molecule has 0 unspecified atom stereocenters. The van der Waals surface area contributed by atoms with Crippen molar-refractivity contribution < 1.29 is 14.3 Å². The molecule has 160 valence electrons. The molecule has 1 amide bonds. The predicted octanol–water partition coefficient (Wildman–Crippen LogP) is 3.84. The molecule has 0 saturated carbocycles. The Morgan fingerprint density at radius 2 is 1.84 bits per heavy atom. The minimum absolute atomic E-state index is 0.210. The Kier molecular flexibility index (Phi) is 5.37. The van der Waals surface area contributed by atoms with E-state index in [2.05, 4.69) is 20.7 Å². The summed E-state index contributed by atoms with van der Waals surface area (Å²) in [5.41, 5.74) is 5.00. The summed E-state index contributed by atoms with van der Waals surface area (Å²) in [6, 6.07) is 11.0. The van der Waals surface area contributed by atoms with Gasteiger partial charge in [-0.2, -0.15) is 10.1 Å². The molecule has 2 aromatic carbocycles. The number of benzene rings is 2. The van der Waals surface area contributed by atoms with Gasteiger partial charge in [0, 0.05) is 11.4 Å². The van der Waals surface area contributed by atoms with Gasteiger partial charge in [0.2, 0.25) is 5.95 Å². The van der Waals surface area contributed by atoms with E-state index in [0.29, 0.717) is 28.7 Å². The summed E-state index contributed by atoms with van der Waals surface area (Å²) in [6.45, 7) is 5.86. The topological polar surface area (TPSA) is 90.3 Å². The standard InChI is InChI=1S/C23H25N5O3/c1-13-6-8-17(14(2)10-13)27-22(29)20-15(3)26-23-24-12-25-28(23)21(20)16-7-9-18(30-4)19(11-16)31-5/h6-12,21H,1-5H3,(H,27,29)(H,24,25,26)/t21-/m0/s1. The molecule has 1 aromatic heterocycles. The van der Waals surface area contributed by atoms with Gasteiger partial charge in [0.25, 0.3) is 5.91 Å². The molecule has 8 heteroatoms. The lowest BCUT2D eigenvalue weighted by Gasteiger charge is -2.29. The molecule has 31 heavy (non-hydrogen) atoms. The Morgan fingerprint density at radius 3 is 2.55 bits per heavy atom. The van der Waals surface area contributed by atoms with E-state index in [0.717, 1.165) is 22.4 Å². The number of hydrogen-bond acceptors (Lipinski definition) is 6. The molecule has 8 nitrogen and oxygen atoms in total. The Balaban J connectivity index is 1.78. The van der Waals surface area contributed by atoms with Crippen LogP contribution in [-0.2, 0) is 4.79 Å². The largest absolute Gasteiger partial charge is 0.493 e. The zero-order valence-corrected chi connectivity index (χ0v) is 18.2. The molecule has 1 aliphatic rings. The van der Waals surface area contributed by atoms with Crippen molar-refractivity contribution in [3.63, 3.8) is 0 Å². The van der Waals surface area contributed by atoms with Crippen molar-refractivity contribution in [3.05, 3.63) is 70.7 Å². The van der Waals surface area contributed by atoms with Gasteiger partial charge < -0.3 is 20.1 Å². The Bertz CT molecular complexity index is 1180. The van der Waals surface area contributed by atoms with E-state index < -0.39 is 6.04 Å². The number of carbonyl (C=O) groups excluding carboxylic acids is 1.